The normalized spacial score (nSPS) is 20.6. The van der Waals surface area contributed by atoms with Gasteiger partial charge >= 0.3 is 5.97 Å². The molecule has 1 N–H and O–H groups in total. The van der Waals surface area contributed by atoms with Crippen molar-refractivity contribution in [3.63, 3.8) is 0 Å². The van der Waals surface area contributed by atoms with Crippen molar-refractivity contribution >= 4 is 5.97 Å². The van der Waals surface area contributed by atoms with Crippen LogP contribution in [-0.2, 0) is 22.6 Å². The van der Waals surface area contributed by atoms with Crippen LogP contribution in [-0.4, -0.2) is 70.9 Å². The van der Waals surface area contributed by atoms with Gasteiger partial charge in [-0.25, -0.2) is 9.48 Å². The van der Waals surface area contributed by atoms with Gasteiger partial charge in [0.2, 0.25) is 0 Å². The van der Waals surface area contributed by atoms with Crippen molar-refractivity contribution in [3.05, 3.63) is 11.4 Å². The molecule has 0 saturated carbocycles. The second kappa shape index (κ2) is 6.09. The van der Waals surface area contributed by atoms with Crippen LogP contribution in [0.15, 0.2) is 0 Å². The summed E-state index contributed by atoms with van der Waals surface area (Å²) in [5, 5.41) is 16.6. The first-order valence-corrected chi connectivity index (χ1v) is 6.06. The van der Waals surface area contributed by atoms with Crippen molar-refractivity contribution in [3.8, 4) is 0 Å². The molecule has 0 aliphatic carbocycles. The van der Waals surface area contributed by atoms with Crippen LogP contribution in [0.4, 0.5) is 0 Å². The van der Waals surface area contributed by atoms with Gasteiger partial charge in [-0.05, 0) is 7.05 Å². The largest absolute Gasteiger partial charge is 0.476 e. The van der Waals surface area contributed by atoms with Gasteiger partial charge in [-0.3, -0.25) is 0 Å². The first kappa shape index (κ1) is 13.9. The molecule has 2 heterocycles. The Labute approximate surface area is 110 Å². The Morgan fingerprint density at radius 3 is 3.05 bits per heavy atom. The van der Waals surface area contributed by atoms with E-state index in [-0.39, 0.29) is 18.4 Å². The predicted octanol–water partition coefficient (Wildman–Crippen LogP) is -0.547. The van der Waals surface area contributed by atoms with E-state index in [0.717, 1.165) is 13.1 Å². The molecule has 8 nitrogen and oxygen atoms in total. The minimum Gasteiger partial charge on any atom is -0.476 e. The van der Waals surface area contributed by atoms with Crippen LogP contribution < -0.4 is 0 Å². The molecule has 106 valence electrons. The van der Waals surface area contributed by atoms with E-state index in [0.29, 0.717) is 18.8 Å². The SMILES string of the molecule is COCc1c(C(=O)O)nnn1CC1CN(C)CCO1. The van der Waals surface area contributed by atoms with Crippen molar-refractivity contribution in [1.29, 1.82) is 0 Å². The van der Waals surface area contributed by atoms with Crippen LogP contribution >= 0.6 is 0 Å². The average molecular weight is 270 g/mol. The molecule has 1 unspecified atom stereocenters. The molecular formula is C11H18N4O4. The number of ether oxygens (including phenoxy) is 2. The van der Waals surface area contributed by atoms with Crippen LogP contribution in [0, 0.1) is 0 Å². The van der Waals surface area contributed by atoms with Crippen molar-refractivity contribution in [1.82, 2.24) is 19.9 Å². The Balaban J connectivity index is 2.12. The second-order valence-electron chi connectivity index (χ2n) is 4.56. The third-order valence-corrected chi connectivity index (χ3v) is 3.04. The lowest BCUT2D eigenvalue weighted by Crippen LogP contribution is -2.42. The second-order valence-corrected chi connectivity index (χ2v) is 4.56. The zero-order valence-electron chi connectivity index (χ0n) is 11.1. The lowest BCUT2D eigenvalue weighted by molar-refractivity contribution is -0.0301. The third-order valence-electron chi connectivity index (χ3n) is 3.04. The molecule has 1 aliphatic heterocycles. The van der Waals surface area contributed by atoms with E-state index < -0.39 is 5.97 Å². The number of hydrogen-bond acceptors (Lipinski definition) is 6. The highest BCUT2D eigenvalue weighted by Gasteiger charge is 2.23. The quantitative estimate of drug-likeness (QED) is 0.768. The van der Waals surface area contributed by atoms with Gasteiger partial charge in [0.15, 0.2) is 5.69 Å². The summed E-state index contributed by atoms with van der Waals surface area (Å²) < 4.78 is 12.2. The van der Waals surface area contributed by atoms with Crippen LogP contribution in [0.1, 0.15) is 16.2 Å². The van der Waals surface area contributed by atoms with E-state index in [2.05, 4.69) is 15.2 Å². The van der Waals surface area contributed by atoms with Gasteiger partial charge in [0.05, 0.1) is 31.6 Å². The molecule has 1 aliphatic rings. The van der Waals surface area contributed by atoms with Gasteiger partial charge < -0.3 is 19.5 Å². The highest BCUT2D eigenvalue weighted by Crippen LogP contribution is 2.11. The number of carboxylic acid groups (broad SMARTS) is 1. The number of aromatic nitrogens is 3. The standard InChI is InChI=1S/C11H18N4O4/c1-14-3-4-19-8(5-14)6-15-9(7-18-2)10(11(16)17)12-13-15/h8H,3-7H2,1-2H3,(H,16,17). The van der Waals surface area contributed by atoms with Crippen molar-refractivity contribution in [2.45, 2.75) is 19.3 Å². The molecule has 1 fully saturated rings. The molecule has 19 heavy (non-hydrogen) atoms. The first-order valence-electron chi connectivity index (χ1n) is 6.06. The molecule has 1 aromatic rings. The molecule has 1 atom stereocenters. The summed E-state index contributed by atoms with van der Waals surface area (Å²) in [4.78, 5) is 13.2. The maximum atomic E-state index is 11.0. The number of rotatable bonds is 5. The summed E-state index contributed by atoms with van der Waals surface area (Å²) in [7, 11) is 3.53. The molecule has 0 spiro atoms. The van der Waals surface area contributed by atoms with E-state index in [1.54, 1.807) is 4.68 Å². The van der Waals surface area contributed by atoms with Crippen LogP contribution in [0.2, 0.25) is 0 Å². The number of morpholine rings is 1. The Kier molecular flexibility index (Phi) is 4.46. The molecule has 1 aromatic heterocycles. The van der Waals surface area contributed by atoms with E-state index in [1.807, 2.05) is 7.05 Å². The number of nitrogens with zero attached hydrogens (tertiary/aromatic N) is 4. The summed E-state index contributed by atoms with van der Waals surface area (Å²) in [5.41, 5.74) is 0.401. The maximum Gasteiger partial charge on any atom is 0.358 e. The highest BCUT2D eigenvalue weighted by molar-refractivity contribution is 5.86. The third kappa shape index (κ3) is 3.28. The van der Waals surface area contributed by atoms with Gasteiger partial charge in [0.25, 0.3) is 0 Å². The number of methoxy groups -OCH3 is 1. The highest BCUT2D eigenvalue weighted by atomic mass is 16.5. The van der Waals surface area contributed by atoms with Gasteiger partial charge in [0.1, 0.15) is 0 Å². The van der Waals surface area contributed by atoms with Gasteiger partial charge in [-0.2, -0.15) is 0 Å². The number of carboxylic acids is 1. The first-order chi connectivity index (χ1) is 9.11. The fourth-order valence-electron chi connectivity index (χ4n) is 2.10. The molecule has 0 amide bonds. The molecular weight excluding hydrogens is 252 g/mol. The number of likely N-dealkylation sites (N-methyl/N-ethyl adjacent to an activating group) is 1. The number of carbonyl (C=O) groups is 1. The van der Waals surface area contributed by atoms with Gasteiger partial charge in [-0.15, -0.1) is 5.10 Å². The fourth-order valence-corrected chi connectivity index (χ4v) is 2.10. The molecule has 0 aromatic carbocycles. The summed E-state index contributed by atoms with van der Waals surface area (Å²) in [6.45, 7) is 3.00. The van der Waals surface area contributed by atoms with E-state index in [1.165, 1.54) is 7.11 Å². The zero-order valence-corrected chi connectivity index (χ0v) is 11.1. The summed E-state index contributed by atoms with van der Waals surface area (Å²) in [6.07, 6.45) is -0.0160. The minimum absolute atomic E-state index is 0.0160. The smallest absolute Gasteiger partial charge is 0.358 e. The molecule has 0 radical (unpaired) electrons. The Hall–Kier alpha value is -1.51. The number of hydrogen-bond donors (Lipinski definition) is 1. The topological polar surface area (TPSA) is 89.7 Å². The summed E-state index contributed by atoms with van der Waals surface area (Å²) in [5.74, 6) is -1.10. The van der Waals surface area contributed by atoms with E-state index in [4.69, 9.17) is 14.6 Å². The molecule has 2 rings (SSSR count). The number of aromatic carboxylic acids is 1. The maximum absolute atomic E-state index is 11.0. The zero-order chi connectivity index (χ0) is 13.8. The van der Waals surface area contributed by atoms with E-state index >= 15 is 0 Å². The Bertz CT molecular complexity index is 448. The summed E-state index contributed by atoms with van der Waals surface area (Å²) >= 11 is 0. The van der Waals surface area contributed by atoms with Gasteiger partial charge in [-0.1, -0.05) is 5.21 Å². The summed E-state index contributed by atoms with van der Waals surface area (Å²) in [6, 6.07) is 0. The van der Waals surface area contributed by atoms with Crippen LogP contribution in [0.5, 0.6) is 0 Å². The van der Waals surface area contributed by atoms with Crippen molar-refractivity contribution in [2.75, 3.05) is 33.9 Å². The van der Waals surface area contributed by atoms with Crippen LogP contribution in [0.3, 0.4) is 0 Å². The molecule has 1 saturated heterocycles. The minimum atomic E-state index is -1.10. The van der Waals surface area contributed by atoms with Crippen LogP contribution in [0.25, 0.3) is 0 Å². The monoisotopic (exact) mass is 270 g/mol. The van der Waals surface area contributed by atoms with Crippen molar-refractivity contribution < 1.29 is 19.4 Å². The predicted molar refractivity (Wildman–Crippen MR) is 64.9 cm³/mol. The average Bonchev–Trinajstić information content (AvgIpc) is 2.73. The molecule has 8 heteroatoms. The fraction of sp³-hybridized carbons (Fsp3) is 0.727. The van der Waals surface area contributed by atoms with Gasteiger partial charge in [0, 0.05) is 20.2 Å². The van der Waals surface area contributed by atoms with Crippen molar-refractivity contribution in [2.24, 2.45) is 0 Å². The Morgan fingerprint density at radius 1 is 1.63 bits per heavy atom. The van der Waals surface area contributed by atoms with E-state index in [9.17, 15) is 4.79 Å². The lowest BCUT2D eigenvalue weighted by atomic mass is 10.2. The Morgan fingerprint density at radius 2 is 2.42 bits per heavy atom. The molecule has 0 bridgehead atoms. The lowest BCUT2D eigenvalue weighted by Gasteiger charge is -2.30.